The number of anilines is 1. The summed E-state index contributed by atoms with van der Waals surface area (Å²) in [5.74, 6) is 2.20. The summed E-state index contributed by atoms with van der Waals surface area (Å²) >= 11 is 0. The molecule has 1 saturated heterocycles. The minimum absolute atomic E-state index is 0.102. The quantitative estimate of drug-likeness (QED) is 0.373. The highest BCUT2D eigenvalue weighted by atomic mass is 19.1. The van der Waals surface area contributed by atoms with Gasteiger partial charge in [-0.3, -0.25) is 0 Å². The largest absolute Gasteiger partial charge is 0.440 e. The molecule has 0 amide bonds. The van der Waals surface area contributed by atoms with Crippen molar-refractivity contribution < 1.29 is 8.81 Å². The predicted molar refractivity (Wildman–Crippen MR) is 128 cm³/mol. The van der Waals surface area contributed by atoms with E-state index in [2.05, 4.69) is 34.7 Å². The van der Waals surface area contributed by atoms with E-state index >= 15 is 0 Å². The van der Waals surface area contributed by atoms with Gasteiger partial charge in [-0.2, -0.15) is 0 Å². The second-order valence-corrected chi connectivity index (χ2v) is 8.47. The van der Waals surface area contributed by atoms with Crippen molar-refractivity contribution in [1.29, 1.82) is 0 Å². The molecule has 0 aliphatic carbocycles. The van der Waals surface area contributed by atoms with Crippen molar-refractivity contribution in [2.75, 3.05) is 18.4 Å². The van der Waals surface area contributed by atoms with E-state index in [-0.39, 0.29) is 17.8 Å². The molecule has 0 bridgehead atoms. The van der Waals surface area contributed by atoms with Gasteiger partial charge in [0, 0.05) is 29.3 Å². The smallest absolute Gasteiger partial charge is 0.198 e. The van der Waals surface area contributed by atoms with Crippen molar-refractivity contribution in [2.45, 2.75) is 31.7 Å². The summed E-state index contributed by atoms with van der Waals surface area (Å²) in [5, 5.41) is 6.86. The second kappa shape index (κ2) is 9.55. The Morgan fingerprint density at radius 1 is 1.00 bits per heavy atom. The third kappa shape index (κ3) is 4.81. The molecule has 2 N–H and O–H groups in total. The second-order valence-electron chi connectivity index (χ2n) is 8.47. The van der Waals surface area contributed by atoms with E-state index in [0.29, 0.717) is 5.76 Å². The molecule has 1 atom stereocenters. The fourth-order valence-electron chi connectivity index (χ4n) is 4.28. The molecule has 5 rings (SSSR count). The van der Waals surface area contributed by atoms with Crippen LogP contribution in [0.25, 0.3) is 22.6 Å². The standard InChI is InChI=1S/C27H27FN4O/c1-18(19-5-3-2-4-6-19)31-24-17-22(13-16-30-24)26-25(20-7-9-23(28)10-8-20)32-27(33-26)21-11-14-29-15-12-21/h2-10,13,16-18,21,29H,11-12,14-15H2,1H3,(H,30,31)/t18-/m0/s1. The van der Waals surface area contributed by atoms with Crippen LogP contribution in [0.1, 0.15) is 43.2 Å². The van der Waals surface area contributed by atoms with Gasteiger partial charge < -0.3 is 15.1 Å². The number of pyridine rings is 1. The predicted octanol–water partition coefficient (Wildman–Crippen LogP) is 6.18. The monoisotopic (exact) mass is 442 g/mol. The van der Waals surface area contributed by atoms with E-state index in [1.807, 2.05) is 30.3 Å². The van der Waals surface area contributed by atoms with Crippen LogP contribution in [0, 0.1) is 5.82 Å². The molecule has 0 unspecified atom stereocenters. The molecule has 1 aliphatic heterocycles. The van der Waals surface area contributed by atoms with E-state index in [9.17, 15) is 4.39 Å². The van der Waals surface area contributed by atoms with Crippen LogP contribution in [-0.2, 0) is 0 Å². The molecule has 33 heavy (non-hydrogen) atoms. The first-order valence-electron chi connectivity index (χ1n) is 11.4. The maximum atomic E-state index is 13.6. The summed E-state index contributed by atoms with van der Waals surface area (Å²) < 4.78 is 20.0. The van der Waals surface area contributed by atoms with E-state index in [4.69, 9.17) is 9.40 Å². The zero-order valence-corrected chi connectivity index (χ0v) is 18.6. The molecule has 1 aliphatic rings. The van der Waals surface area contributed by atoms with Gasteiger partial charge in [0.25, 0.3) is 0 Å². The number of benzene rings is 2. The number of rotatable bonds is 6. The van der Waals surface area contributed by atoms with Gasteiger partial charge in [-0.25, -0.2) is 14.4 Å². The molecule has 5 nitrogen and oxygen atoms in total. The van der Waals surface area contributed by atoms with Gasteiger partial charge in [-0.15, -0.1) is 0 Å². The number of piperidine rings is 1. The molecule has 0 radical (unpaired) electrons. The maximum absolute atomic E-state index is 13.6. The van der Waals surface area contributed by atoms with Crippen molar-refractivity contribution in [3.05, 3.63) is 90.2 Å². The Hall–Kier alpha value is -3.51. The van der Waals surface area contributed by atoms with Crippen LogP contribution < -0.4 is 10.6 Å². The molecule has 3 heterocycles. The minimum atomic E-state index is -0.271. The summed E-state index contributed by atoms with van der Waals surface area (Å²) in [6, 6.07) is 20.7. The van der Waals surface area contributed by atoms with Crippen molar-refractivity contribution in [1.82, 2.24) is 15.3 Å². The molecule has 4 aromatic rings. The van der Waals surface area contributed by atoms with Crippen LogP contribution in [0.2, 0.25) is 0 Å². The normalized spacial score (nSPS) is 15.3. The fourth-order valence-corrected chi connectivity index (χ4v) is 4.28. The molecule has 1 fully saturated rings. The van der Waals surface area contributed by atoms with Gasteiger partial charge in [-0.1, -0.05) is 30.3 Å². The highest BCUT2D eigenvalue weighted by molar-refractivity contribution is 5.78. The highest BCUT2D eigenvalue weighted by Crippen LogP contribution is 2.37. The molecule has 2 aromatic carbocycles. The summed E-state index contributed by atoms with van der Waals surface area (Å²) in [4.78, 5) is 9.40. The first kappa shape index (κ1) is 21.3. The fraction of sp³-hybridized carbons (Fsp3) is 0.259. The zero-order valence-electron chi connectivity index (χ0n) is 18.6. The van der Waals surface area contributed by atoms with Gasteiger partial charge in [-0.05, 0) is 74.8 Å². The lowest BCUT2D eigenvalue weighted by Gasteiger charge is -2.19. The van der Waals surface area contributed by atoms with Crippen LogP contribution in [0.4, 0.5) is 10.2 Å². The summed E-state index contributed by atoms with van der Waals surface area (Å²) in [7, 11) is 0. The van der Waals surface area contributed by atoms with Gasteiger partial charge in [0.15, 0.2) is 11.7 Å². The molecule has 0 spiro atoms. The van der Waals surface area contributed by atoms with Crippen molar-refractivity contribution in [2.24, 2.45) is 0 Å². The Morgan fingerprint density at radius 2 is 1.76 bits per heavy atom. The Balaban J connectivity index is 1.50. The molecule has 6 heteroatoms. The van der Waals surface area contributed by atoms with Crippen molar-refractivity contribution in [3.8, 4) is 22.6 Å². The lowest BCUT2D eigenvalue weighted by atomic mass is 9.98. The number of hydrogen-bond acceptors (Lipinski definition) is 5. The van der Waals surface area contributed by atoms with E-state index in [1.165, 1.54) is 17.7 Å². The van der Waals surface area contributed by atoms with E-state index in [0.717, 1.165) is 54.5 Å². The van der Waals surface area contributed by atoms with Gasteiger partial charge in [0.05, 0.1) is 0 Å². The Labute approximate surface area is 193 Å². The van der Waals surface area contributed by atoms with Crippen LogP contribution in [0.15, 0.2) is 77.3 Å². The highest BCUT2D eigenvalue weighted by Gasteiger charge is 2.25. The average Bonchev–Trinajstić information content (AvgIpc) is 3.31. The van der Waals surface area contributed by atoms with Gasteiger partial charge in [0.1, 0.15) is 17.3 Å². The van der Waals surface area contributed by atoms with Crippen molar-refractivity contribution in [3.63, 3.8) is 0 Å². The average molecular weight is 443 g/mol. The number of hydrogen-bond donors (Lipinski definition) is 2. The Kier molecular flexibility index (Phi) is 6.17. The molecule has 2 aromatic heterocycles. The third-order valence-electron chi connectivity index (χ3n) is 6.14. The van der Waals surface area contributed by atoms with Crippen LogP contribution in [-0.4, -0.2) is 23.1 Å². The molecular weight excluding hydrogens is 415 g/mol. The lowest BCUT2D eigenvalue weighted by Crippen LogP contribution is -2.26. The van der Waals surface area contributed by atoms with Crippen LogP contribution >= 0.6 is 0 Å². The van der Waals surface area contributed by atoms with Crippen LogP contribution in [0.3, 0.4) is 0 Å². The SMILES string of the molecule is C[C@H](Nc1cc(-c2oc(C3CCNCC3)nc2-c2ccc(F)cc2)ccn1)c1ccccc1. The molecular formula is C27H27FN4O. The Bertz CT molecular complexity index is 1200. The molecule has 168 valence electrons. The van der Waals surface area contributed by atoms with Crippen LogP contribution in [0.5, 0.6) is 0 Å². The Morgan fingerprint density at radius 3 is 2.52 bits per heavy atom. The number of aromatic nitrogens is 2. The van der Waals surface area contributed by atoms with E-state index in [1.54, 1.807) is 18.3 Å². The lowest BCUT2D eigenvalue weighted by molar-refractivity contribution is 0.378. The first-order chi connectivity index (χ1) is 16.2. The number of nitrogens with one attached hydrogen (secondary N) is 2. The summed E-state index contributed by atoms with van der Waals surface area (Å²) in [5.41, 5.74) is 3.64. The third-order valence-corrected chi connectivity index (χ3v) is 6.14. The maximum Gasteiger partial charge on any atom is 0.198 e. The summed E-state index contributed by atoms with van der Waals surface area (Å²) in [6.45, 7) is 4.02. The number of oxazole rings is 1. The van der Waals surface area contributed by atoms with Gasteiger partial charge in [0.2, 0.25) is 0 Å². The summed E-state index contributed by atoms with van der Waals surface area (Å²) in [6.07, 6.45) is 3.75. The molecule has 0 saturated carbocycles. The zero-order chi connectivity index (χ0) is 22.6. The number of nitrogens with zero attached hydrogens (tertiary/aromatic N) is 2. The topological polar surface area (TPSA) is 63.0 Å². The van der Waals surface area contributed by atoms with Gasteiger partial charge >= 0.3 is 0 Å². The van der Waals surface area contributed by atoms with Crippen molar-refractivity contribution >= 4 is 5.82 Å². The minimum Gasteiger partial charge on any atom is -0.440 e. The van der Waals surface area contributed by atoms with E-state index < -0.39 is 0 Å². The first-order valence-corrected chi connectivity index (χ1v) is 11.4. The number of halogens is 1.